The Kier molecular flexibility index (Phi) is 6.39. The van der Waals surface area contributed by atoms with Crippen LogP contribution in [0.25, 0.3) is 10.9 Å². The van der Waals surface area contributed by atoms with Gasteiger partial charge in [-0.3, -0.25) is 9.88 Å². The Morgan fingerprint density at radius 2 is 1.89 bits per heavy atom. The van der Waals surface area contributed by atoms with Crippen LogP contribution in [-0.2, 0) is 6.54 Å². The maximum absolute atomic E-state index is 12.9. The monoisotopic (exact) mass is 393 g/mol. The van der Waals surface area contributed by atoms with Gasteiger partial charge in [0.15, 0.2) is 5.96 Å². The molecule has 1 unspecified atom stereocenters. The number of piperazine rings is 1. The highest BCUT2D eigenvalue weighted by Gasteiger charge is 2.41. The van der Waals surface area contributed by atoms with Gasteiger partial charge >= 0.3 is 6.18 Å². The van der Waals surface area contributed by atoms with Gasteiger partial charge in [0.2, 0.25) is 0 Å². The molecule has 1 fully saturated rings. The first kappa shape index (κ1) is 20.4. The van der Waals surface area contributed by atoms with Crippen LogP contribution in [0.4, 0.5) is 13.2 Å². The standard InChI is InChI=1S/C20H26F3N5/c1-3-24-19(28-12-10-27(11-13-28)15(2)20(21,22)23)26-14-17-7-4-6-16-8-5-9-25-18(16)17/h4-9,15H,3,10-14H2,1-2H3,(H,24,26). The number of fused-ring (bicyclic) bond motifs is 1. The first-order chi connectivity index (χ1) is 13.4. The molecule has 2 aromatic rings. The van der Waals surface area contributed by atoms with Gasteiger partial charge in [0.25, 0.3) is 0 Å². The van der Waals surface area contributed by atoms with E-state index in [4.69, 9.17) is 4.99 Å². The number of aromatic nitrogens is 1. The van der Waals surface area contributed by atoms with Crippen LogP contribution in [0.2, 0.25) is 0 Å². The van der Waals surface area contributed by atoms with E-state index in [0.29, 0.717) is 39.3 Å². The summed E-state index contributed by atoms with van der Waals surface area (Å²) >= 11 is 0. The molecule has 0 bridgehead atoms. The summed E-state index contributed by atoms with van der Waals surface area (Å²) in [5, 5.41) is 4.32. The predicted octanol–water partition coefficient (Wildman–Crippen LogP) is 3.27. The molecule has 5 nitrogen and oxygen atoms in total. The van der Waals surface area contributed by atoms with Gasteiger partial charge in [-0.25, -0.2) is 4.99 Å². The van der Waals surface area contributed by atoms with Gasteiger partial charge in [-0.05, 0) is 25.5 Å². The third kappa shape index (κ3) is 4.73. The third-order valence-corrected chi connectivity index (χ3v) is 5.09. The molecule has 1 aliphatic rings. The molecule has 8 heteroatoms. The smallest absolute Gasteiger partial charge is 0.357 e. The number of para-hydroxylation sites is 1. The van der Waals surface area contributed by atoms with E-state index in [1.165, 1.54) is 11.8 Å². The summed E-state index contributed by atoms with van der Waals surface area (Å²) < 4.78 is 38.8. The van der Waals surface area contributed by atoms with Crippen LogP contribution in [0.3, 0.4) is 0 Å². The lowest BCUT2D eigenvalue weighted by molar-refractivity contribution is -0.181. The first-order valence-corrected chi connectivity index (χ1v) is 9.56. The van der Waals surface area contributed by atoms with Gasteiger partial charge < -0.3 is 10.2 Å². The lowest BCUT2D eigenvalue weighted by atomic mass is 10.1. The Balaban J connectivity index is 1.70. The number of nitrogens with one attached hydrogen (secondary N) is 1. The molecule has 1 N–H and O–H groups in total. The van der Waals surface area contributed by atoms with Gasteiger partial charge in [0, 0.05) is 44.3 Å². The largest absolute Gasteiger partial charge is 0.403 e. The van der Waals surface area contributed by atoms with Crippen LogP contribution >= 0.6 is 0 Å². The highest BCUT2D eigenvalue weighted by atomic mass is 19.4. The van der Waals surface area contributed by atoms with Crippen LogP contribution in [0, 0.1) is 0 Å². The van der Waals surface area contributed by atoms with Crippen molar-refractivity contribution < 1.29 is 13.2 Å². The molecule has 0 aliphatic carbocycles. The molecular formula is C20H26F3N5. The number of hydrogen-bond acceptors (Lipinski definition) is 3. The van der Waals surface area contributed by atoms with Crippen molar-refractivity contribution in [2.24, 2.45) is 4.99 Å². The number of rotatable bonds is 4. The number of pyridine rings is 1. The molecule has 2 heterocycles. The zero-order chi connectivity index (χ0) is 20.1. The van der Waals surface area contributed by atoms with Crippen molar-refractivity contribution in [2.75, 3.05) is 32.7 Å². The molecule has 0 saturated carbocycles. The van der Waals surface area contributed by atoms with Crippen molar-refractivity contribution in [2.45, 2.75) is 32.6 Å². The van der Waals surface area contributed by atoms with Crippen molar-refractivity contribution in [1.29, 1.82) is 0 Å². The molecule has 152 valence electrons. The van der Waals surface area contributed by atoms with Crippen LogP contribution in [0.1, 0.15) is 19.4 Å². The highest BCUT2D eigenvalue weighted by molar-refractivity contribution is 5.83. The maximum Gasteiger partial charge on any atom is 0.403 e. The third-order valence-electron chi connectivity index (χ3n) is 5.09. The van der Waals surface area contributed by atoms with Crippen LogP contribution in [0.5, 0.6) is 0 Å². The summed E-state index contributed by atoms with van der Waals surface area (Å²) in [5.41, 5.74) is 1.95. The molecule has 0 amide bonds. The fraction of sp³-hybridized carbons (Fsp3) is 0.500. The molecule has 1 atom stereocenters. The summed E-state index contributed by atoms with van der Waals surface area (Å²) in [7, 11) is 0. The molecule has 1 aliphatic heterocycles. The van der Waals surface area contributed by atoms with E-state index in [2.05, 4.69) is 10.3 Å². The van der Waals surface area contributed by atoms with Gasteiger partial charge in [-0.15, -0.1) is 0 Å². The number of aliphatic imine (C=N–C) groups is 1. The lowest BCUT2D eigenvalue weighted by Gasteiger charge is -2.39. The number of benzene rings is 1. The van der Waals surface area contributed by atoms with Crippen LogP contribution in [0.15, 0.2) is 41.5 Å². The molecule has 3 rings (SSSR count). The van der Waals surface area contributed by atoms with E-state index >= 15 is 0 Å². The molecule has 1 aromatic heterocycles. The minimum Gasteiger partial charge on any atom is -0.357 e. The maximum atomic E-state index is 12.9. The number of halogens is 3. The summed E-state index contributed by atoms with van der Waals surface area (Å²) in [5.74, 6) is 0.731. The lowest BCUT2D eigenvalue weighted by Crippen LogP contribution is -2.56. The quantitative estimate of drug-likeness (QED) is 0.640. The fourth-order valence-electron chi connectivity index (χ4n) is 3.41. The molecular weight excluding hydrogens is 367 g/mol. The Labute approximate surface area is 163 Å². The second-order valence-corrected chi connectivity index (χ2v) is 6.90. The van der Waals surface area contributed by atoms with E-state index in [0.717, 1.165) is 22.4 Å². The SMILES string of the molecule is CCNC(=NCc1cccc2cccnc12)N1CCN(C(C)C(F)(F)F)CC1. The number of guanidine groups is 1. The molecule has 28 heavy (non-hydrogen) atoms. The number of nitrogens with zero attached hydrogens (tertiary/aromatic N) is 4. The Hall–Kier alpha value is -2.35. The summed E-state index contributed by atoms with van der Waals surface area (Å²) in [4.78, 5) is 12.7. The van der Waals surface area contributed by atoms with Crippen molar-refractivity contribution in [3.63, 3.8) is 0 Å². The van der Waals surface area contributed by atoms with Gasteiger partial charge in [0.1, 0.15) is 6.04 Å². The molecule has 1 aromatic carbocycles. The topological polar surface area (TPSA) is 43.8 Å². The summed E-state index contributed by atoms with van der Waals surface area (Å²) in [6.07, 6.45) is -2.43. The molecule has 0 spiro atoms. The average molecular weight is 393 g/mol. The summed E-state index contributed by atoms with van der Waals surface area (Å²) in [6.45, 7) is 6.13. The fourth-order valence-corrected chi connectivity index (χ4v) is 3.41. The number of hydrogen-bond donors (Lipinski definition) is 1. The Bertz CT molecular complexity index is 808. The van der Waals surface area contributed by atoms with Gasteiger partial charge in [-0.2, -0.15) is 13.2 Å². The normalized spacial score (nSPS) is 17.8. The van der Waals surface area contributed by atoms with Crippen molar-refractivity contribution in [3.8, 4) is 0 Å². The van der Waals surface area contributed by atoms with E-state index in [1.807, 2.05) is 42.2 Å². The zero-order valence-corrected chi connectivity index (χ0v) is 16.2. The zero-order valence-electron chi connectivity index (χ0n) is 16.2. The van der Waals surface area contributed by atoms with E-state index in [-0.39, 0.29) is 0 Å². The van der Waals surface area contributed by atoms with E-state index in [1.54, 1.807) is 6.20 Å². The highest BCUT2D eigenvalue weighted by Crippen LogP contribution is 2.25. The minimum atomic E-state index is -4.19. The van der Waals surface area contributed by atoms with Crippen molar-refractivity contribution >= 4 is 16.9 Å². The van der Waals surface area contributed by atoms with Gasteiger partial charge in [-0.1, -0.05) is 24.3 Å². The van der Waals surface area contributed by atoms with E-state index in [9.17, 15) is 13.2 Å². The average Bonchev–Trinajstić information content (AvgIpc) is 2.70. The van der Waals surface area contributed by atoms with E-state index < -0.39 is 12.2 Å². The van der Waals surface area contributed by atoms with Crippen LogP contribution in [-0.4, -0.2) is 65.7 Å². The first-order valence-electron chi connectivity index (χ1n) is 9.56. The minimum absolute atomic E-state index is 0.362. The van der Waals surface area contributed by atoms with Crippen molar-refractivity contribution in [1.82, 2.24) is 20.1 Å². The predicted molar refractivity (Wildman–Crippen MR) is 105 cm³/mol. The molecule has 1 saturated heterocycles. The van der Waals surface area contributed by atoms with Crippen LogP contribution < -0.4 is 5.32 Å². The second-order valence-electron chi connectivity index (χ2n) is 6.90. The molecule has 0 radical (unpaired) electrons. The second kappa shape index (κ2) is 8.77. The van der Waals surface area contributed by atoms with Gasteiger partial charge in [0.05, 0.1) is 12.1 Å². The summed E-state index contributed by atoms with van der Waals surface area (Å²) in [6, 6.07) is 8.51. The Morgan fingerprint density at radius 3 is 2.57 bits per heavy atom. The Morgan fingerprint density at radius 1 is 1.18 bits per heavy atom. The van der Waals surface area contributed by atoms with Crippen molar-refractivity contribution in [3.05, 3.63) is 42.1 Å². The number of alkyl halides is 3.